The molecule has 0 saturated heterocycles. The van der Waals surface area contributed by atoms with Gasteiger partial charge in [0, 0.05) is 17.1 Å². The first-order valence-electron chi connectivity index (χ1n) is 8.82. The number of nitrogens with zero attached hydrogens (tertiary/aromatic N) is 2. The van der Waals surface area contributed by atoms with Gasteiger partial charge in [0.2, 0.25) is 5.78 Å². The summed E-state index contributed by atoms with van der Waals surface area (Å²) in [6.07, 6.45) is 3.47. The largest absolute Gasteiger partial charge is 0.872 e. The summed E-state index contributed by atoms with van der Waals surface area (Å²) in [5.41, 5.74) is 1.43. The molecule has 0 spiro atoms. The molecule has 140 valence electrons. The number of carbonyl (C=O) groups is 2. The second-order valence-corrected chi connectivity index (χ2v) is 8.62. The molecule has 3 aromatic rings. The van der Waals surface area contributed by atoms with Crippen molar-refractivity contribution in [1.82, 2.24) is 4.98 Å². The van der Waals surface area contributed by atoms with Crippen molar-refractivity contribution in [2.24, 2.45) is 0 Å². The number of amides is 1. The van der Waals surface area contributed by atoms with Crippen molar-refractivity contribution in [2.75, 3.05) is 11.2 Å². The van der Waals surface area contributed by atoms with Crippen LogP contribution in [0.15, 0.2) is 77.8 Å². The Morgan fingerprint density at radius 1 is 1.00 bits per heavy atom. The molecule has 6 heteroatoms. The molecule has 0 saturated carbocycles. The number of anilines is 1. The maximum Gasteiger partial charge on any atom is 0.290 e. The van der Waals surface area contributed by atoms with Gasteiger partial charge in [0.15, 0.2) is 4.90 Å². The van der Waals surface area contributed by atoms with Crippen LogP contribution in [0.3, 0.4) is 0 Å². The number of pyridine rings is 1. The lowest BCUT2D eigenvalue weighted by molar-refractivity contribution is -0.268. The van der Waals surface area contributed by atoms with E-state index >= 15 is 0 Å². The minimum atomic E-state index is -0.821. The Morgan fingerprint density at radius 3 is 2.43 bits per heavy atom. The third-order valence-corrected chi connectivity index (χ3v) is 6.91. The molecule has 2 heterocycles. The molecule has 0 N–H and O–H groups in total. The summed E-state index contributed by atoms with van der Waals surface area (Å²) in [5, 5.41) is 10.6. The summed E-state index contributed by atoms with van der Waals surface area (Å²) >= 11 is 0. The number of hydrogen-bond donors (Lipinski definition) is 0. The summed E-state index contributed by atoms with van der Waals surface area (Å²) in [6.45, 7) is 0.351. The fourth-order valence-corrected chi connectivity index (χ4v) is 5.04. The number of rotatable bonds is 4. The van der Waals surface area contributed by atoms with E-state index in [-0.39, 0.29) is 17.4 Å². The molecule has 1 aliphatic rings. The van der Waals surface area contributed by atoms with Gasteiger partial charge in [-0.3, -0.25) is 14.5 Å². The molecular weight excluding hydrogens is 372 g/mol. The molecule has 4 rings (SSSR count). The summed E-state index contributed by atoms with van der Waals surface area (Å²) in [7, 11) is -0.682. The van der Waals surface area contributed by atoms with Gasteiger partial charge in [-0.15, -0.1) is 5.75 Å². The van der Waals surface area contributed by atoms with E-state index in [1.54, 1.807) is 35.4 Å². The summed E-state index contributed by atoms with van der Waals surface area (Å²) in [5.74, 6) is -0.154. The molecule has 5 nitrogen and oxygen atoms in total. The number of ketones is 1. The van der Waals surface area contributed by atoms with Crippen LogP contribution in [0.25, 0.3) is 0 Å². The number of aromatic nitrogens is 1. The lowest BCUT2D eigenvalue weighted by atomic mass is 10.0. The third kappa shape index (κ3) is 3.27. The van der Waals surface area contributed by atoms with Gasteiger partial charge in [0.05, 0.1) is 12.1 Å². The predicted molar refractivity (Wildman–Crippen MR) is 107 cm³/mol. The first kappa shape index (κ1) is 18.3. The van der Waals surface area contributed by atoms with Gasteiger partial charge in [-0.2, -0.15) is 0 Å². The van der Waals surface area contributed by atoms with Crippen LogP contribution >= 0.6 is 0 Å². The topological polar surface area (TPSA) is 73.3 Å². The molecule has 1 aromatic heterocycles. The van der Waals surface area contributed by atoms with E-state index in [9.17, 15) is 14.7 Å². The Morgan fingerprint density at radius 2 is 1.71 bits per heavy atom. The minimum absolute atomic E-state index is 0.0951. The molecule has 2 unspecified atom stereocenters. The van der Waals surface area contributed by atoms with Gasteiger partial charge >= 0.3 is 0 Å². The van der Waals surface area contributed by atoms with Gasteiger partial charge < -0.3 is 5.11 Å². The molecular formula is C22H18N2O3S. The zero-order chi connectivity index (χ0) is 19.7. The van der Waals surface area contributed by atoms with Crippen LogP contribution in [-0.2, 0) is 22.2 Å². The highest BCUT2D eigenvalue weighted by Gasteiger charge is 2.49. The zero-order valence-corrected chi connectivity index (χ0v) is 16.1. The lowest BCUT2D eigenvalue weighted by Gasteiger charge is -2.30. The van der Waals surface area contributed by atoms with Crippen molar-refractivity contribution in [1.29, 1.82) is 0 Å². The fourth-order valence-electron chi connectivity index (χ4n) is 3.32. The molecule has 2 aromatic carbocycles. The Kier molecular flexibility index (Phi) is 4.88. The van der Waals surface area contributed by atoms with E-state index in [0.717, 1.165) is 10.5 Å². The molecule has 1 aliphatic heterocycles. The molecule has 0 bridgehead atoms. The lowest BCUT2D eigenvalue weighted by Crippen LogP contribution is -2.51. The highest BCUT2D eigenvalue weighted by molar-refractivity contribution is 7.98. The van der Waals surface area contributed by atoms with Gasteiger partial charge in [-0.05, 0) is 29.8 Å². The van der Waals surface area contributed by atoms with Gasteiger partial charge in [0.1, 0.15) is 12.1 Å². The maximum absolute atomic E-state index is 13.4. The molecule has 2 atom stereocenters. The Bertz CT molecular complexity index is 1020. The first-order valence-corrected chi connectivity index (χ1v) is 10.5. The smallest absolute Gasteiger partial charge is 0.290 e. The zero-order valence-electron chi connectivity index (χ0n) is 15.2. The average Bonchev–Trinajstić information content (AvgIpc) is 2.72. The normalized spacial score (nSPS) is 17.3. The van der Waals surface area contributed by atoms with Crippen LogP contribution in [0.2, 0.25) is 0 Å². The number of hydrogen-bond acceptors (Lipinski definition) is 4. The Labute approximate surface area is 166 Å². The molecule has 28 heavy (non-hydrogen) atoms. The number of fused-ring (bicyclic) bond motifs is 1. The van der Waals surface area contributed by atoms with Crippen LogP contribution < -0.4 is 10.0 Å². The summed E-state index contributed by atoms with van der Waals surface area (Å²) in [4.78, 5) is 33.3. The fraction of sp³-hybridized carbons (Fsp3) is 0.136. The van der Waals surface area contributed by atoms with Crippen molar-refractivity contribution >= 4 is 28.4 Å². The Balaban J connectivity index is 1.75. The van der Waals surface area contributed by atoms with Gasteiger partial charge in [-0.1, -0.05) is 42.5 Å². The number of carbonyl (C=O) groups excluding carboxylic acids is 2. The van der Waals surface area contributed by atoms with Crippen molar-refractivity contribution in [3.05, 3.63) is 84.1 Å². The predicted octanol–water partition coefficient (Wildman–Crippen LogP) is 2.56. The highest BCUT2D eigenvalue weighted by atomic mass is 32.2. The second kappa shape index (κ2) is 7.48. The van der Waals surface area contributed by atoms with E-state index in [2.05, 4.69) is 4.98 Å². The average molecular weight is 390 g/mol. The molecule has 1 amide bonds. The van der Waals surface area contributed by atoms with E-state index in [1.165, 1.54) is 12.1 Å². The molecule has 0 aliphatic carbocycles. The van der Waals surface area contributed by atoms with Crippen molar-refractivity contribution < 1.29 is 14.7 Å². The van der Waals surface area contributed by atoms with Crippen molar-refractivity contribution in [3.8, 4) is 5.75 Å². The summed E-state index contributed by atoms with van der Waals surface area (Å²) < 4.78 is 0. The summed E-state index contributed by atoms with van der Waals surface area (Å²) in [6, 6.07) is 19.4. The second-order valence-electron chi connectivity index (χ2n) is 6.56. The van der Waals surface area contributed by atoms with Crippen LogP contribution in [-0.4, -0.2) is 28.2 Å². The van der Waals surface area contributed by atoms with E-state index in [0.29, 0.717) is 17.9 Å². The van der Waals surface area contributed by atoms with E-state index < -0.39 is 16.1 Å². The minimum Gasteiger partial charge on any atom is -0.872 e. The molecule has 0 fully saturated rings. The van der Waals surface area contributed by atoms with Crippen LogP contribution in [0.5, 0.6) is 5.75 Å². The van der Waals surface area contributed by atoms with Crippen molar-refractivity contribution in [2.45, 2.75) is 16.7 Å². The van der Waals surface area contributed by atoms with E-state index in [1.807, 2.05) is 36.6 Å². The van der Waals surface area contributed by atoms with Crippen LogP contribution in [0, 0.1) is 0 Å². The van der Waals surface area contributed by atoms with Crippen molar-refractivity contribution in [3.63, 3.8) is 0 Å². The quantitative estimate of drug-likeness (QED) is 0.507. The number of Topliss-reactive ketones (excluding diaryl/α,β-unsaturated/α-hetero) is 1. The van der Waals surface area contributed by atoms with Crippen LogP contribution in [0.4, 0.5) is 5.82 Å². The van der Waals surface area contributed by atoms with Crippen LogP contribution in [0.1, 0.15) is 15.9 Å². The van der Waals surface area contributed by atoms with E-state index in [4.69, 9.17) is 0 Å². The highest BCUT2D eigenvalue weighted by Crippen LogP contribution is 2.32. The standard InChI is InChI=1S/C22H18N2O3S/c1-28(17-11-9-16(25)10-12-17)20-19(26)18-8-5-13-23-21(18)24(22(20)27)14-15-6-3-2-4-7-15/h2-13,20H,14H2,1H3. The molecule has 0 radical (unpaired) electrons. The number of benzene rings is 2. The first-order chi connectivity index (χ1) is 13.6. The van der Waals surface area contributed by atoms with Gasteiger partial charge in [-0.25, -0.2) is 4.98 Å². The van der Waals surface area contributed by atoms with Gasteiger partial charge in [0.25, 0.3) is 11.2 Å². The Hall–Kier alpha value is -3.12. The third-order valence-electron chi connectivity index (χ3n) is 4.77. The SMILES string of the molecule is C[S+](c1ccc([O-])cc1)C1C(=O)c2cccnc2N(Cc2ccccc2)C1=O. The monoisotopic (exact) mass is 390 g/mol. The maximum atomic E-state index is 13.4.